The Bertz CT molecular complexity index is 989. The lowest BCUT2D eigenvalue weighted by Gasteiger charge is -2.34. The van der Waals surface area contributed by atoms with Crippen LogP contribution in [0, 0.1) is 19.8 Å². The van der Waals surface area contributed by atoms with E-state index < -0.39 is 30.0 Å². The van der Waals surface area contributed by atoms with Gasteiger partial charge in [-0.15, -0.1) is 0 Å². The van der Waals surface area contributed by atoms with Gasteiger partial charge in [-0.25, -0.2) is 4.98 Å². The van der Waals surface area contributed by atoms with Gasteiger partial charge in [-0.05, 0) is 55.9 Å². The normalized spacial score (nSPS) is 22.9. The second-order valence-electron chi connectivity index (χ2n) is 8.35. The van der Waals surface area contributed by atoms with Crippen LogP contribution in [-0.4, -0.2) is 27.4 Å². The number of carbonyl (C=O) groups is 2. The number of Topliss-reactive ketones (excluding diaryl/α,β-unsaturated/α-hetero) is 1. The van der Waals surface area contributed by atoms with Crippen molar-refractivity contribution in [3.05, 3.63) is 29.1 Å². The van der Waals surface area contributed by atoms with Crippen LogP contribution in [0.3, 0.4) is 0 Å². The number of benzene rings is 1. The minimum absolute atomic E-state index is 0.00517. The number of nitrogens with one attached hydrogen (secondary N) is 1. The van der Waals surface area contributed by atoms with Crippen LogP contribution in [-0.2, 0) is 21.7 Å². The molecule has 0 saturated heterocycles. The number of alkyl halides is 3. The summed E-state index contributed by atoms with van der Waals surface area (Å²) < 4.78 is 44.1. The van der Waals surface area contributed by atoms with Crippen molar-refractivity contribution in [2.75, 3.05) is 0 Å². The van der Waals surface area contributed by atoms with E-state index >= 15 is 0 Å². The van der Waals surface area contributed by atoms with Gasteiger partial charge >= 0.3 is 6.18 Å². The Morgan fingerprint density at radius 3 is 2.52 bits per heavy atom. The first-order valence-electron chi connectivity index (χ1n) is 10.0. The van der Waals surface area contributed by atoms with E-state index in [0.717, 1.165) is 47.8 Å². The molecular formula is C21H24F3N3O2. The Balaban J connectivity index is 1.78. The molecule has 5 nitrogen and oxygen atoms in total. The van der Waals surface area contributed by atoms with E-state index in [4.69, 9.17) is 0 Å². The number of nitrogens with zero attached hydrogens (tertiary/aromatic N) is 2. The molecule has 1 atom stereocenters. The van der Waals surface area contributed by atoms with Gasteiger partial charge in [0, 0.05) is 6.42 Å². The zero-order chi connectivity index (χ0) is 21.0. The van der Waals surface area contributed by atoms with Crippen molar-refractivity contribution in [1.29, 1.82) is 0 Å². The molecule has 29 heavy (non-hydrogen) atoms. The number of carbonyl (C=O) groups excluding carboxylic acids is 2. The number of hydrogen-bond acceptors (Lipinski definition) is 3. The molecule has 1 aromatic carbocycles. The maximum absolute atomic E-state index is 14.4. The molecule has 1 amide bonds. The Morgan fingerprint density at radius 2 is 1.86 bits per heavy atom. The molecule has 1 aromatic heterocycles. The Morgan fingerprint density at radius 1 is 1.21 bits per heavy atom. The summed E-state index contributed by atoms with van der Waals surface area (Å²) in [6.45, 7) is 3.65. The number of amides is 1. The number of rotatable bonds is 3. The minimum Gasteiger partial charge on any atom is -0.319 e. The van der Waals surface area contributed by atoms with E-state index in [-0.39, 0.29) is 23.7 Å². The molecule has 2 aliphatic rings. The van der Waals surface area contributed by atoms with Gasteiger partial charge in [-0.1, -0.05) is 19.3 Å². The Labute approximate surface area is 166 Å². The molecule has 4 rings (SSSR count). The molecule has 8 heteroatoms. The number of imidazole rings is 1. The smallest absolute Gasteiger partial charge is 0.319 e. The van der Waals surface area contributed by atoms with Crippen molar-refractivity contribution in [2.45, 2.75) is 70.6 Å². The number of aryl methyl sites for hydroxylation is 2. The molecular weight excluding hydrogens is 383 g/mol. The fourth-order valence-electron chi connectivity index (χ4n) is 4.66. The van der Waals surface area contributed by atoms with E-state index in [9.17, 15) is 22.8 Å². The molecule has 0 spiro atoms. The van der Waals surface area contributed by atoms with Gasteiger partial charge in [0.2, 0.25) is 5.91 Å². The summed E-state index contributed by atoms with van der Waals surface area (Å²) >= 11 is 0. The highest BCUT2D eigenvalue weighted by atomic mass is 19.4. The van der Waals surface area contributed by atoms with Crippen LogP contribution >= 0.6 is 0 Å². The maximum Gasteiger partial charge on any atom is 0.438 e. The maximum atomic E-state index is 14.4. The summed E-state index contributed by atoms with van der Waals surface area (Å²) in [4.78, 5) is 29.6. The second kappa shape index (κ2) is 6.85. The number of ketones is 1. The molecule has 1 N–H and O–H groups in total. The predicted octanol–water partition coefficient (Wildman–Crippen LogP) is 4.08. The number of hydrogen-bond donors (Lipinski definition) is 1. The first-order valence-corrected chi connectivity index (χ1v) is 10.0. The third-order valence-corrected chi connectivity index (χ3v) is 6.33. The minimum atomic E-state index is -4.98. The summed E-state index contributed by atoms with van der Waals surface area (Å²) in [6.07, 6.45) is -0.722. The van der Waals surface area contributed by atoms with Crippen molar-refractivity contribution in [1.82, 2.24) is 14.9 Å². The van der Waals surface area contributed by atoms with Crippen LogP contribution in [0.25, 0.3) is 11.0 Å². The molecule has 0 bridgehead atoms. The van der Waals surface area contributed by atoms with E-state index in [2.05, 4.69) is 10.3 Å². The van der Waals surface area contributed by atoms with Crippen molar-refractivity contribution in [3.8, 4) is 0 Å². The second-order valence-corrected chi connectivity index (χ2v) is 8.35. The predicted molar refractivity (Wildman–Crippen MR) is 101 cm³/mol. The van der Waals surface area contributed by atoms with Gasteiger partial charge in [-0.3, -0.25) is 14.2 Å². The van der Waals surface area contributed by atoms with E-state index in [0.29, 0.717) is 5.52 Å². The summed E-state index contributed by atoms with van der Waals surface area (Å²) in [5.74, 6) is -1.73. The van der Waals surface area contributed by atoms with Gasteiger partial charge < -0.3 is 5.32 Å². The summed E-state index contributed by atoms with van der Waals surface area (Å²) in [6, 6.07) is 3.32. The standard InChI is InChI=1S/C21H24F3N3O2/c1-12-8-15-16(9-13(12)2)27-18(25-15)11-17(28)20(27,21(22,23)24)26-19(29)10-14-6-4-3-5-7-14/h8-9,14H,3-7,10-11H2,1-2H3,(H,26,29). The van der Waals surface area contributed by atoms with Crippen molar-refractivity contribution < 1.29 is 22.8 Å². The lowest BCUT2D eigenvalue weighted by molar-refractivity contribution is -0.218. The van der Waals surface area contributed by atoms with Gasteiger partial charge in [0.1, 0.15) is 5.82 Å². The highest BCUT2D eigenvalue weighted by Crippen LogP contribution is 2.44. The molecule has 156 valence electrons. The molecule has 1 aliphatic carbocycles. The zero-order valence-electron chi connectivity index (χ0n) is 16.5. The monoisotopic (exact) mass is 407 g/mol. The van der Waals surface area contributed by atoms with Gasteiger partial charge in [0.05, 0.1) is 17.5 Å². The summed E-state index contributed by atoms with van der Waals surface area (Å²) in [5.41, 5.74) is -0.788. The van der Waals surface area contributed by atoms with Crippen LogP contribution in [0.5, 0.6) is 0 Å². The molecule has 1 saturated carbocycles. The number of halogens is 3. The number of fused-ring (bicyclic) bond motifs is 3. The van der Waals surface area contributed by atoms with E-state index in [1.165, 1.54) is 0 Å². The summed E-state index contributed by atoms with van der Waals surface area (Å²) in [5, 5.41) is 2.11. The van der Waals surface area contributed by atoms with Gasteiger partial charge in [0.15, 0.2) is 5.78 Å². The highest BCUT2D eigenvalue weighted by molar-refractivity contribution is 5.98. The van der Waals surface area contributed by atoms with Crippen LogP contribution in [0.1, 0.15) is 55.5 Å². The lowest BCUT2D eigenvalue weighted by Crippen LogP contribution is -2.63. The van der Waals surface area contributed by atoms with Crippen molar-refractivity contribution in [2.24, 2.45) is 5.92 Å². The highest BCUT2D eigenvalue weighted by Gasteiger charge is 2.66. The van der Waals surface area contributed by atoms with Gasteiger partial charge in [0.25, 0.3) is 5.66 Å². The number of aromatic nitrogens is 2. The topological polar surface area (TPSA) is 64.0 Å². The third kappa shape index (κ3) is 3.13. The van der Waals surface area contributed by atoms with Crippen LogP contribution in [0.15, 0.2) is 12.1 Å². The fraction of sp³-hybridized carbons (Fsp3) is 0.571. The average Bonchev–Trinajstić information content (AvgIpc) is 3.10. The SMILES string of the molecule is Cc1cc2nc3n(c2cc1C)C(NC(=O)CC1CCCCC1)(C(F)(F)F)C(=O)C3. The van der Waals surface area contributed by atoms with E-state index in [1.54, 1.807) is 19.1 Å². The van der Waals surface area contributed by atoms with Crippen LogP contribution in [0.2, 0.25) is 0 Å². The van der Waals surface area contributed by atoms with Crippen molar-refractivity contribution in [3.63, 3.8) is 0 Å². The van der Waals surface area contributed by atoms with Crippen LogP contribution < -0.4 is 5.32 Å². The molecule has 1 unspecified atom stereocenters. The molecule has 2 heterocycles. The molecule has 0 radical (unpaired) electrons. The van der Waals surface area contributed by atoms with Crippen molar-refractivity contribution >= 4 is 22.7 Å². The zero-order valence-corrected chi connectivity index (χ0v) is 16.5. The molecule has 1 fully saturated rings. The Hall–Kier alpha value is -2.38. The summed E-state index contributed by atoms with van der Waals surface area (Å²) in [7, 11) is 0. The first-order chi connectivity index (χ1) is 13.6. The first kappa shape index (κ1) is 19.9. The quantitative estimate of drug-likeness (QED) is 0.834. The molecule has 2 aromatic rings. The average molecular weight is 407 g/mol. The largest absolute Gasteiger partial charge is 0.438 e. The van der Waals surface area contributed by atoms with E-state index in [1.807, 2.05) is 6.92 Å². The van der Waals surface area contributed by atoms with Crippen LogP contribution in [0.4, 0.5) is 13.2 Å². The third-order valence-electron chi connectivity index (χ3n) is 6.33. The fourth-order valence-corrected chi connectivity index (χ4v) is 4.66. The Kier molecular flexibility index (Phi) is 4.70. The van der Waals surface area contributed by atoms with Gasteiger partial charge in [-0.2, -0.15) is 13.2 Å². The molecule has 1 aliphatic heterocycles. The lowest BCUT2D eigenvalue weighted by atomic mass is 9.86.